The summed E-state index contributed by atoms with van der Waals surface area (Å²) >= 11 is 0. The Hall–Kier alpha value is -4.06. The standard InChI is InChI=1S/C18H15N7O2/c1-9-10(2)17(24-5-11(9)4-19)18(26)25-15-3-12(13(20)6-23-15)16(21)14-7-22-8-27-14/h3,5-8,21H,20H2,1-2H3,(H,23,25,26)/p+1. The zero-order valence-corrected chi connectivity index (χ0v) is 14.6. The molecule has 0 aliphatic heterocycles. The molecule has 0 aromatic carbocycles. The molecule has 0 saturated carbocycles. The van der Waals surface area contributed by atoms with E-state index >= 15 is 0 Å². The van der Waals surface area contributed by atoms with Gasteiger partial charge in [0.1, 0.15) is 17.6 Å². The highest BCUT2D eigenvalue weighted by Gasteiger charge is 2.20. The van der Waals surface area contributed by atoms with Crippen molar-refractivity contribution in [3.05, 3.63) is 64.8 Å². The van der Waals surface area contributed by atoms with Crippen LogP contribution in [-0.2, 0) is 0 Å². The van der Waals surface area contributed by atoms with Crippen molar-refractivity contribution >= 4 is 23.1 Å². The lowest BCUT2D eigenvalue weighted by molar-refractivity contribution is -0.112. The molecular formula is C18H16N7O2+. The van der Waals surface area contributed by atoms with E-state index in [-0.39, 0.29) is 17.2 Å². The van der Waals surface area contributed by atoms with Gasteiger partial charge in [0.25, 0.3) is 11.6 Å². The third-order valence-corrected chi connectivity index (χ3v) is 4.14. The number of amides is 1. The van der Waals surface area contributed by atoms with Crippen LogP contribution < -0.4 is 16.5 Å². The molecule has 9 nitrogen and oxygen atoms in total. The number of hydrogen-bond acceptors (Lipinski definition) is 7. The summed E-state index contributed by atoms with van der Waals surface area (Å²) in [4.78, 5) is 24.6. The fourth-order valence-electron chi connectivity index (χ4n) is 2.47. The van der Waals surface area contributed by atoms with Gasteiger partial charge in [0.05, 0.1) is 29.2 Å². The van der Waals surface area contributed by atoms with E-state index in [4.69, 9.17) is 20.8 Å². The Kier molecular flexibility index (Phi) is 4.64. The fourth-order valence-corrected chi connectivity index (χ4v) is 2.47. The van der Waals surface area contributed by atoms with Crippen LogP contribution >= 0.6 is 0 Å². The Morgan fingerprint density at radius 1 is 1.26 bits per heavy atom. The molecule has 134 valence electrons. The van der Waals surface area contributed by atoms with Crippen LogP contribution in [0.2, 0.25) is 0 Å². The second-order valence-electron chi connectivity index (χ2n) is 5.77. The molecule has 0 bridgehead atoms. The first-order valence-corrected chi connectivity index (χ1v) is 7.87. The number of carbonyl (C=O) groups is 1. The van der Waals surface area contributed by atoms with Gasteiger partial charge in [0.2, 0.25) is 5.76 Å². The summed E-state index contributed by atoms with van der Waals surface area (Å²) in [6.45, 7) is 3.49. The lowest BCUT2D eigenvalue weighted by atomic mass is 10.0. The van der Waals surface area contributed by atoms with Crippen molar-refractivity contribution in [3.63, 3.8) is 0 Å². The molecule has 0 saturated heterocycles. The van der Waals surface area contributed by atoms with Gasteiger partial charge in [-0.05, 0) is 31.0 Å². The number of pyridine rings is 2. The number of nitriles is 1. The number of hydrogen-bond donors (Lipinski definition) is 3. The molecule has 27 heavy (non-hydrogen) atoms. The van der Waals surface area contributed by atoms with Crippen molar-refractivity contribution in [2.24, 2.45) is 0 Å². The van der Waals surface area contributed by atoms with E-state index in [2.05, 4.69) is 20.3 Å². The number of nitrogens with two attached hydrogens (primary N) is 2. The van der Waals surface area contributed by atoms with Crippen LogP contribution in [0.5, 0.6) is 0 Å². The third-order valence-electron chi connectivity index (χ3n) is 4.14. The predicted octanol–water partition coefficient (Wildman–Crippen LogP) is 0.384. The molecule has 0 unspecified atom stereocenters. The van der Waals surface area contributed by atoms with Gasteiger partial charge < -0.3 is 15.5 Å². The van der Waals surface area contributed by atoms with Crippen LogP contribution in [0.3, 0.4) is 0 Å². The number of anilines is 2. The molecule has 0 radical (unpaired) electrons. The Labute approximate surface area is 154 Å². The van der Waals surface area contributed by atoms with Gasteiger partial charge in [-0.1, -0.05) is 0 Å². The topological polar surface area (TPSA) is 156 Å². The van der Waals surface area contributed by atoms with Gasteiger partial charge in [-0.25, -0.2) is 15.0 Å². The number of carbonyl (C=O) groups excluding carboxylic acids is 1. The Balaban J connectivity index is 1.90. The molecule has 5 N–H and O–H groups in total. The van der Waals surface area contributed by atoms with Crippen molar-refractivity contribution in [3.8, 4) is 6.07 Å². The van der Waals surface area contributed by atoms with Crippen LogP contribution in [0.25, 0.3) is 0 Å². The first kappa shape index (κ1) is 17.8. The second-order valence-corrected chi connectivity index (χ2v) is 5.77. The zero-order valence-electron chi connectivity index (χ0n) is 14.6. The average Bonchev–Trinajstić information content (AvgIpc) is 3.19. The highest BCUT2D eigenvalue weighted by Crippen LogP contribution is 2.19. The Morgan fingerprint density at radius 2 is 2.04 bits per heavy atom. The summed E-state index contributed by atoms with van der Waals surface area (Å²) in [7, 11) is 0. The van der Waals surface area contributed by atoms with Gasteiger partial charge in [0, 0.05) is 6.20 Å². The van der Waals surface area contributed by atoms with E-state index in [1.165, 1.54) is 31.1 Å². The minimum absolute atomic E-state index is 0.207. The number of oxazole rings is 1. The minimum atomic E-state index is -0.457. The molecule has 1 amide bonds. The Bertz CT molecular complexity index is 1080. The van der Waals surface area contributed by atoms with Crippen molar-refractivity contribution in [1.29, 1.82) is 5.26 Å². The first-order chi connectivity index (χ1) is 12.9. The summed E-state index contributed by atoms with van der Waals surface area (Å²) in [6, 6.07) is 3.58. The molecule has 3 aromatic rings. The highest BCUT2D eigenvalue weighted by molar-refractivity contribution is 6.11. The maximum atomic E-state index is 12.6. The maximum absolute atomic E-state index is 12.6. The van der Waals surface area contributed by atoms with E-state index < -0.39 is 5.91 Å². The van der Waals surface area contributed by atoms with Crippen molar-refractivity contribution in [2.75, 3.05) is 11.1 Å². The number of rotatable bonds is 4. The van der Waals surface area contributed by atoms with Crippen LogP contribution in [-0.4, -0.2) is 26.6 Å². The molecule has 3 rings (SSSR count). The average molecular weight is 362 g/mol. The minimum Gasteiger partial charge on any atom is -0.437 e. The van der Waals surface area contributed by atoms with Crippen molar-refractivity contribution in [2.45, 2.75) is 13.8 Å². The molecule has 0 atom stereocenters. The number of aromatic nitrogens is 3. The van der Waals surface area contributed by atoms with Gasteiger partial charge in [0.15, 0.2) is 6.39 Å². The molecule has 0 aliphatic rings. The van der Waals surface area contributed by atoms with Gasteiger partial charge in [-0.3, -0.25) is 10.2 Å². The largest absolute Gasteiger partial charge is 0.437 e. The SMILES string of the molecule is Cc1c(C#N)cnc(C(=O)Nc2cc(C(=[NH2+])c3cnco3)c(N)cn2)c1C. The molecule has 0 fully saturated rings. The molecule has 9 heteroatoms. The fraction of sp³-hybridized carbons (Fsp3) is 0.111. The molecule has 0 aliphatic carbocycles. The van der Waals surface area contributed by atoms with E-state index in [1.807, 2.05) is 6.07 Å². The van der Waals surface area contributed by atoms with E-state index in [0.29, 0.717) is 33.7 Å². The van der Waals surface area contributed by atoms with Crippen molar-refractivity contribution < 1.29 is 14.6 Å². The smallest absolute Gasteiger partial charge is 0.275 e. The third kappa shape index (κ3) is 3.36. The second kappa shape index (κ2) is 7.05. The van der Waals surface area contributed by atoms with Crippen LogP contribution in [0.1, 0.15) is 38.5 Å². The molecule has 3 aromatic heterocycles. The van der Waals surface area contributed by atoms with Crippen LogP contribution in [0, 0.1) is 25.2 Å². The van der Waals surface area contributed by atoms with Crippen LogP contribution in [0.4, 0.5) is 11.5 Å². The lowest BCUT2D eigenvalue weighted by Gasteiger charge is -2.10. The molecular weight excluding hydrogens is 346 g/mol. The highest BCUT2D eigenvalue weighted by atomic mass is 16.3. The van der Waals surface area contributed by atoms with Crippen molar-refractivity contribution in [1.82, 2.24) is 15.0 Å². The normalized spacial score (nSPS) is 10.3. The Morgan fingerprint density at radius 3 is 2.70 bits per heavy atom. The summed E-state index contributed by atoms with van der Waals surface area (Å²) < 4.78 is 5.17. The number of nitrogens with zero attached hydrogens (tertiary/aromatic N) is 4. The van der Waals surface area contributed by atoms with Gasteiger partial charge in [-0.15, -0.1) is 0 Å². The van der Waals surface area contributed by atoms with Gasteiger partial charge >= 0.3 is 0 Å². The molecule has 3 heterocycles. The molecule has 0 spiro atoms. The number of nitrogen functional groups attached to an aromatic ring is 1. The monoisotopic (exact) mass is 362 g/mol. The quantitative estimate of drug-likeness (QED) is 0.566. The predicted molar refractivity (Wildman–Crippen MR) is 96.7 cm³/mol. The van der Waals surface area contributed by atoms with E-state index in [0.717, 1.165) is 0 Å². The lowest BCUT2D eigenvalue weighted by Crippen LogP contribution is -2.41. The summed E-state index contributed by atoms with van der Waals surface area (Å²) in [6.07, 6.45) is 5.47. The van der Waals surface area contributed by atoms with Crippen LogP contribution in [0.15, 0.2) is 35.5 Å². The maximum Gasteiger partial charge on any atom is 0.275 e. The summed E-state index contributed by atoms with van der Waals surface area (Å²) in [5.74, 6) is 0.141. The van der Waals surface area contributed by atoms with E-state index in [1.54, 1.807) is 13.8 Å². The van der Waals surface area contributed by atoms with Gasteiger partial charge in [-0.2, -0.15) is 5.26 Å². The number of nitrogens with one attached hydrogen (secondary N) is 1. The zero-order chi connectivity index (χ0) is 19.6. The first-order valence-electron chi connectivity index (χ1n) is 7.87. The summed E-state index contributed by atoms with van der Waals surface area (Å²) in [5.41, 5.74) is 8.93. The summed E-state index contributed by atoms with van der Waals surface area (Å²) in [5, 5.41) is 17.8. The van der Waals surface area contributed by atoms with E-state index in [9.17, 15) is 4.79 Å².